The maximum absolute atomic E-state index is 2.56. The van der Waals surface area contributed by atoms with Crippen molar-refractivity contribution >= 4 is 57.2 Å². The van der Waals surface area contributed by atoms with Crippen molar-refractivity contribution < 1.29 is 0 Å². The van der Waals surface area contributed by atoms with Crippen LogP contribution < -0.4 is 26.2 Å². The van der Waals surface area contributed by atoms with Gasteiger partial charge in [0.1, 0.15) is 0 Å². The van der Waals surface area contributed by atoms with Gasteiger partial charge in [-0.05, 0) is 155 Å². The molecule has 0 saturated carbocycles. The number of benzene rings is 9. The number of hydrogen-bond acceptors (Lipinski definition) is 2. The van der Waals surface area contributed by atoms with Gasteiger partial charge in [-0.25, -0.2) is 0 Å². The van der Waals surface area contributed by atoms with E-state index in [4.69, 9.17) is 0 Å². The highest BCUT2D eigenvalue weighted by Crippen LogP contribution is 2.58. The van der Waals surface area contributed by atoms with Crippen LogP contribution in [0.4, 0.5) is 34.1 Å². The van der Waals surface area contributed by atoms with E-state index in [1.807, 2.05) is 0 Å². The maximum Gasteiger partial charge on any atom is 0.252 e. The van der Waals surface area contributed by atoms with Gasteiger partial charge in [-0.2, -0.15) is 0 Å². The quantitative estimate of drug-likeness (QED) is 0.159. The van der Waals surface area contributed by atoms with Gasteiger partial charge in [-0.1, -0.05) is 214 Å². The first-order valence-electron chi connectivity index (χ1n) is 25.6. The molecule has 2 heterocycles. The van der Waals surface area contributed by atoms with Crippen LogP contribution >= 0.6 is 0 Å². The van der Waals surface area contributed by atoms with Crippen LogP contribution in [0, 0.1) is 6.92 Å². The molecule has 0 bridgehead atoms. The lowest BCUT2D eigenvalue weighted by Gasteiger charge is -2.45. The molecule has 0 N–H and O–H groups in total. The Hall–Kier alpha value is -7.36. The second-order valence-corrected chi connectivity index (χ2v) is 23.5. The van der Waals surface area contributed by atoms with Gasteiger partial charge in [0, 0.05) is 34.1 Å². The van der Waals surface area contributed by atoms with Gasteiger partial charge in [0.15, 0.2) is 0 Å². The smallest absolute Gasteiger partial charge is 0.252 e. The molecule has 3 heteroatoms. The Balaban J connectivity index is 1.06. The molecular formula is C68H63BN2. The van der Waals surface area contributed by atoms with Crippen LogP contribution in [0.15, 0.2) is 200 Å². The lowest BCUT2D eigenvalue weighted by atomic mass is 9.33. The van der Waals surface area contributed by atoms with Gasteiger partial charge in [-0.3, -0.25) is 0 Å². The van der Waals surface area contributed by atoms with Crippen molar-refractivity contribution in [2.45, 2.75) is 90.9 Å². The molecule has 2 nitrogen and oxygen atoms in total. The summed E-state index contributed by atoms with van der Waals surface area (Å²) in [6, 6.07) is 76.5. The largest absolute Gasteiger partial charge is 0.311 e. The van der Waals surface area contributed by atoms with Gasteiger partial charge in [-0.15, -0.1) is 0 Å². The number of rotatable bonds is 5. The minimum atomic E-state index is -0.455. The summed E-state index contributed by atoms with van der Waals surface area (Å²) < 4.78 is 0. The Morgan fingerprint density at radius 1 is 0.380 bits per heavy atom. The summed E-state index contributed by atoms with van der Waals surface area (Å²) in [6.07, 6.45) is 0. The molecule has 0 aromatic heterocycles. The highest BCUT2D eigenvalue weighted by molar-refractivity contribution is 7.00. The minimum absolute atomic E-state index is 0.0192. The lowest BCUT2D eigenvalue weighted by Crippen LogP contribution is -2.61. The second-order valence-electron chi connectivity index (χ2n) is 23.5. The molecule has 0 atom stereocenters. The van der Waals surface area contributed by atoms with E-state index < -0.39 is 5.41 Å². The third-order valence-corrected chi connectivity index (χ3v) is 15.9. The topological polar surface area (TPSA) is 6.48 Å². The molecule has 0 unspecified atom stereocenters. The van der Waals surface area contributed by atoms with Crippen LogP contribution in [0.25, 0.3) is 22.3 Å². The number of hydrogen-bond donors (Lipinski definition) is 0. The lowest BCUT2D eigenvalue weighted by molar-refractivity contribution is 0.590. The number of anilines is 6. The fraction of sp³-hybridized carbons (Fsp3) is 0.206. The van der Waals surface area contributed by atoms with Crippen molar-refractivity contribution in [3.63, 3.8) is 0 Å². The predicted octanol–water partition coefficient (Wildman–Crippen LogP) is 16.0. The van der Waals surface area contributed by atoms with Crippen LogP contribution in [0.2, 0.25) is 0 Å². The van der Waals surface area contributed by atoms with Crippen molar-refractivity contribution in [3.05, 3.63) is 245 Å². The molecule has 12 rings (SSSR count). The molecule has 71 heavy (non-hydrogen) atoms. The van der Waals surface area contributed by atoms with Gasteiger partial charge in [0.2, 0.25) is 0 Å². The van der Waals surface area contributed by atoms with E-state index >= 15 is 0 Å². The molecule has 0 saturated heterocycles. The average Bonchev–Trinajstić information content (AvgIpc) is 3.67. The van der Waals surface area contributed by atoms with E-state index in [1.54, 1.807) is 0 Å². The molecule has 1 aliphatic carbocycles. The molecule has 0 radical (unpaired) electrons. The van der Waals surface area contributed by atoms with E-state index in [0.717, 1.165) is 5.69 Å². The number of nitrogens with zero attached hydrogens (tertiary/aromatic N) is 2. The van der Waals surface area contributed by atoms with Crippen LogP contribution in [-0.4, -0.2) is 6.71 Å². The summed E-state index contributed by atoms with van der Waals surface area (Å²) in [7, 11) is 0. The van der Waals surface area contributed by atoms with Crippen LogP contribution in [0.3, 0.4) is 0 Å². The molecule has 2 aliphatic heterocycles. The molecule has 0 amide bonds. The summed E-state index contributed by atoms with van der Waals surface area (Å²) in [4.78, 5) is 5.11. The van der Waals surface area contributed by atoms with E-state index in [2.05, 4.69) is 279 Å². The van der Waals surface area contributed by atoms with Crippen molar-refractivity contribution in [1.29, 1.82) is 0 Å². The summed E-state index contributed by atoms with van der Waals surface area (Å²) in [6.45, 7) is 23.2. The summed E-state index contributed by atoms with van der Waals surface area (Å²) in [5.74, 6) is 0. The standard InChI is InChI=1S/C68H63BN2/c1-44-40-61-64-62(41-44)71(52-36-30-46(31-37-52)65(2,3)4)60-39-33-50(67(8,9)10)43-58(60)69(64)57-42-49(66(5,6)7)32-38-59(57)70(61)51-34-28-45(29-35-51)53-25-19-27-56-63(53)54-24-17-18-26-55(54)68(56,47-20-13-11-14-21-47)48-22-15-12-16-23-48/h11-43H,1-10H3. The first kappa shape index (κ1) is 44.8. The minimum Gasteiger partial charge on any atom is -0.311 e. The van der Waals surface area contributed by atoms with Crippen LogP contribution in [0.1, 0.15) is 107 Å². The first-order valence-corrected chi connectivity index (χ1v) is 25.6. The Morgan fingerprint density at radius 3 is 1.32 bits per heavy atom. The molecule has 3 aliphatic rings. The van der Waals surface area contributed by atoms with Gasteiger partial charge in [0.25, 0.3) is 6.71 Å². The Kier molecular flexibility index (Phi) is 10.2. The summed E-state index contributed by atoms with van der Waals surface area (Å²) in [5.41, 5.74) is 26.4. The Bertz CT molecular complexity index is 3490. The third kappa shape index (κ3) is 6.98. The van der Waals surface area contributed by atoms with Gasteiger partial charge in [0.05, 0.1) is 5.41 Å². The summed E-state index contributed by atoms with van der Waals surface area (Å²) >= 11 is 0. The van der Waals surface area contributed by atoms with E-state index in [1.165, 1.54) is 112 Å². The highest BCUT2D eigenvalue weighted by atomic mass is 15.2. The van der Waals surface area contributed by atoms with E-state index in [9.17, 15) is 0 Å². The summed E-state index contributed by atoms with van der Waals surface area (Å²) in [5, 5.41) is 0. The molecule has 348 valence electrons. The highest BCUT2D eigenvalue weighted by Gasteiger charge is 2.47. The first-order chi connectivity index (χ1) is 34.0. The molecule has 9 aromatic rings. The molecule has 0 spiro atoms. The van der Waals surface area contributed by atoms with Crippen LogP contribution in [0.5, 0.6) is 0 Å². The SMILES string of the molecule is Cc1cc2c3c(c1)N(c1ccc(C(C)(C)C)cc1)c1ccc(C(C)(C)C)cc1B3c1cc(C(C)(C)C)ccc1N2c1ccc(-c2cccc3c2-c2ccccc2C3(c2ccccc2)c2ccccc2)cc1. The van der Waals surface area contributed by atoms with Crippen molar-refractivity contribution in [2.24, 2.45) is 0 Å². The number of fused-ring (bicyclic) bond motifs is 7. The van der Waals surface area contributed by atoms with Gasteiger partial charge >= 0.3 is 0 Å². The Labute approximate surface area is 422 Å². The number of aryl methyl sites for hydroxylation is 1. The molecular weight excluding hydrogens is 856 g/mol. The predicted molar refractivity (Wildman–Crippen MR) is 304 cm³/mol. The fourth-order valence-corrected chi connectivity index (χ4v) is 12.3. The van der Waals surface area contributed by atoms with E-state index in [0.29, 0.717) is 0 Å². The van der Waals surface area contributed by atoms with Crippen molar-refractivity contribution in [2.75, 3.05) is 9.80 Å². The average molecular weight is 919 g/mol. The fourth-order valence-electron chi connectivity index (χ4n) is 12.3. The second kappa shape index (κ2) is 16.1. The monoisotopic (exact) mass is 919 g/mol. The third-order valence-electron chi connectivity index (χ3n) is 15.9. The van der Waals surface area contributed by atoms with Gasteiger partial charge < -0.3 is 9.80 Å². The zero-order valence-electron chi connectivity index (χ0n) is 43.0. The normalized spacial score (nSPS) is 14.4. The Morgan fingerprint density at radius 2 is 0.817 bits per heavy atom. The van der Waals surface area contributed by atoms with Crippen LogP contribution in [-0.2, 0) is 21.7 Å². The maximum atomic E-state index is 2.56. The van der Waals surface area contributed by atoms with Crippen molar-refractivity contribution in [1.82, 2.24) is 0 Å². The molecule has 9 aromatic carbocycles. The zero-order chi connectivity index (χ0) is 49.2. The van der Waals surface area contributed by atoms with E-state index in [-0.39, 0.29) is 23.0 Å². The van der Waals surface area contributed by atoms with Crippen molar-refractivity contribution in [3.8, 4) is 22.3 Å². The molecule has 0 fully saturated rings. The zero-order valence-corrected chi connectivity index (χ0v) is 43.0.